The van der Waals surface area contributed by atoms with Crippen LogP contribution in [0, 0.1) is 0 Å². The maximum Gasteiger partial charge on any atom is 0.412 e. The Hall–Kier alpha value is -2.91. The van der Waals surface area contributed by atoms with Crippen LogP contribution in [-0.4, -0.2) is 36.5 Å². The molecule has 0 aliphatic heterocycles. The zero-order valence-electron chi connectivity index (χ0n) is 13.0. The van der Waals surface area contributed by atoms with Gasteiger partial charge in [0.05, 0.1) is 11.4 Å². The number of sulfone groups is 1. The van der Waals surface area contributed by atoms with E-state index in [0.717, 1.165) is 10.5 Å². The second-order valence-corrected chi connectivity index (χ2v) is 7.13. The van der Waals surface area contributed by atoms with Crippen molar-refractivity contribution in [3.05, 3.63) is 60.2 Å². The fourth-order valence-electron chi connectivity index (χ4n) is 2.16. The Morgan fingerprint density at radius 3 is 2.12 bits per heavy atom. The molecule has 0 spiro atoms. The Morgan fingerprint density at radius 1 is 1.00 bits per heavy atom. The van der Waals surface area contributed by atoms with E-state index in [1.165, 1.54) is 29.7 Å². The second kappa shape index (κ2) is 7.77. The molecule has 0 aromatic heterocycles. The maximum absolute atomic E-state index is 12.0. The fourth-order valence-corrected chi connectivity index (χ4v) is 3.28. The zero-order valence-corrected chi connectivity index (χ0v) is 13.8. The minimum absolute atomic E-state index is 0.106. The van der Waals surface area contributed by atoms with E-state index in [1.807, 2.05) is 6.07 Å². The Bertz CT molecular complexity index is 850. The summed E-state index contributed by atoms with van der Waals surface area (Å²) in [5.41, 5.74) is 2.33. The van der Waals surface area contributed by atoms with Crippen molar-refractivity contribution in [2.45, 2.75) is 11.4 Å². The second-order valence-electron chi connectivity index (χ2n) is 5.14. The van der Waals surface area contributed by atoms with Crippen molar-refractivity contribution < 1.29 is 28.3 Å². The first-order valence-electron chi connectivity index (χ1n) is 7.13. The van der Waals surface area contributed by atoms with Gasteiger partial charge in [-0.3, -0.25) is 14.9 Å². The molecule has 8 nitrogen and oxygen atoms in total. The lowest BCUT2D eigenvalue weighted by atomic mass is 10.2. The third kappa shape index (κ3) is 4.78. The summed E-state index contributed by atoms with van der Waals surface area (Å²) in [6.07, 6.45) is -1.18. The van der Waals surface area contributed by atoms with E-state index >= 15 is 0 Å². The standard InChI is InChI=1S/C16H16N2O6S/c19-15(17-22)11-25(23,24)14-8-6-13(7-9-14)18(16(20)21)10-12-4-2-1-3-5-12/h1-9,22H,10-11H2,(H,17,19)(H,20,21). The molecule has 0 unspecified atom stereocenters. The van der Waals surface area contributed by atoms with Crippen molar-refractivity contribution in [3.63, 3.8) is 0 Å². The molecule has 2 rings (SSSR count). The number of nitrogens with one attached hydrogen (secondary N) is 1. The largest absolute Gasteiger partial charge is 0.465 e. The lowest BCUT2D eigenvalue weighted by molar-refractivity contribution is -0.126. The molecule has 0 saturated carbocycles. The average Bonchev–Trinajstić information content (AvgIpc) is 2.60. The van der Waals surface area contributed by atoms with Crippen molar-refractivity contribution in [2.24, 2.45) is 0 Å². The topological polar surface area (TPSA) is 124 Å². The molecule has 0 radical (unpaired) electrons. The molecule has 0 saturated heterocycles. The first-order valence-corrected chi connectivity index (χ1v) is 8.79. The lowest BCUT2D eigenvalue weighted by Gasteiger charge is -2.19. The van der Waals surface area contributed by atoms with Crippen molar-refractivity contribution in [1.29, 1.82) is 0 Å². The number of carbonyl (C=O) groups is 2. The summed E-state index contributed by atoms with van der Waals surface area (Å²) in [6, 6.07) is 14.1. The number of carbonyl (C=O) groups excluding carboxylic acids is 1. The van der Waals surface area contributed by atoms with Crippen LogP contribution >= 0.6 is 0 Å². The number of benzene rings is 2. The average molecular weight is 364 g/mol. The molecular weight excluding hydrogens is 348 g/mol. The fraction of sp³-hybridized carbons (Fsp3) is 0.125. The van der Waals surface area contributed by atoms with Gasteiger partial charge in [0, 0.05) is 5.69 Å². The number of hydrogen-bond acceptors (Lipinski definition) is 5. The molecule has 0 fully saturated rings. The Kier molecular flexibility index (Phi) is 5.73. The first kappa shape index (κ1) is 18.4. The molecule has 132 valence electrons. The Morgan fingerprint density at radius 2 is 1.60 bits per heavy atom. The van der Waals surface area contributed by atoms with E-state index in [9.17, 15) is 23.1 Å². The number of amides is 2. The highest BCUT2D eigenvalue weighted by Gasteiger charge is 2.20. The van der Waals surface area contributed by atoms with Gasteiger partial charge in [-0.05, 0) is 29.8 Å². The van der Waals surface area contributed by atoms with Crippen LogP contribution < -0.4 is 10.4 Å². The van der Waals surface area contributed by atoms with Gasteiger partial charge in [-0.25, -0.2) is 18.7 Å². The van der Waals surface area contributed by atoms with Gasteiger partial charge in [0.25, 0.3) is 5.91 Å². The molecule has 0 atom stereocenters. The third-order valence-corrected chi connectivity index (χ3v) is 5.00. The summed E-state index contributed by atoms with van der Waals surface area (Å²) in [6.45, 7) is 0.106. The zero-order chi connectivity index (χ0) is 18.4. The molecule has 0 bridgehead atoms. The molecule has 9 heteroatoms. The van der Waals surface area contributed by atoms with E-state index in [2.05, 4.69) is 0 Å². The number of hydrogen-bond donors (Lipinski definition) is 3. The summed E-state index contributed by atoms with van der Waals surface area (Å²) >= 11 is 0. The molecule has 2 amide bonds. The monoisotopic (exact) mass is 364 g/mol. The molecule has 2 aromatic carbocycles. The highest BCUT2D eigenvalue weighted by atomic mass is 32.2. The van der Waals surface area contributed by atoms with Gasteiger partial charge >= 0.3 is 6.09 Å². The normalized spacial score (nSPS) is 10.9. The summed E-state index contributed by atoms with van der Waals surface area (Å²) in [7, 11) is -3.93. The minimum Gasteiger partial charge on any atom is -0.465 e. The van der Waals surface area contributed by atoms with Crippen molar-refractivity contribution in [1.82, 2.24) is 5.48 Å². The SMILES string of the molecule is O=C(CS(=O)(=O)c1ccc(N(Cc2ccccc2)C(=O)O)cc1)NO. The van der Waals surface area contributed by atoms with Gasteiger partial charge in [0.1, 0.15) is 5.75 Å². The summed E-state index contributed by atoms with van der Waals surface area (Å²) < 4.78 is 24.0. The molecule has 0 heterocycles. The van der Waals surface area contributed by atoms with Crippen LogP contribution in [0.2, 0.25) is 0 Å². The van der Waals surface area contributed by atoms with Crippen LogP contribution in [0.1, 0.15) is 5.56 Å². The molecule has 2 aromatic rings. The third-order valence-electron chi connectivity index (χ3n) is 3.37. The predicted octanol–water partition coefficient (Wildman–Crippen LogP) is 1.65. The van der Waals surface area contributed by atoms with Gasteiger partial charge < -0.3 is 5.11 Å². The number of nitrogens with zero attached hydrogens (tertiary/aromatic N) is 1. The molecule has 0 aliphatic rings. The number of anilines is 1. The van der Waals surface area contributed by atoms with E-state index in [-0.39, 0.29) is 11.4 Å². The van der Waals surface area contributed by atoms with E-state index in [0.29, 0.717) is 5.69 Å². The van der Waals surface area contributed by atoms with Gasteiger partial charge in [0.15, 0.2) is 9.84 Å². The molecule has 0 aliphatic carbocycles. The summed E-state index contributed by atoms with van der Waals surface area (Å²) in [5, 5.41) is 17.8. The van der Waals surface area contributed by atoms with Crippen molar-refractivity contribution in [3.8, 4) is 0 Å². The van der Waals surface area contributed by atoms with E-state index < -0.39 is 27.6 Å². The van der Waals surface area contributed by atoms with E-state index in [1.54, 1.807) is 24.3 Å². The van der Waals surface area contributed by atoms with Gasteiger partial charge in [-0.1, -0.05) is 30.3 Å². The predicted molar refractivity (Wildman–Crippen MR) is 89.1 cm³/mol. The van der Waals surface area contributed by atoms with Gasteiger partial charge in [0.2, 0.25) is 0 Å². The summed E-state index contributed by atoms with van der Waals surface area (Å²) in [5.74, 6) is -1.96. The van der Waals surface area contributed by atoms with Crippen LogP contribution in [0.5, 0.6) is 0 Å². The van der Waals surface area contributed by atoms with Crippen molar-refractivity contribution in [2.75, 3.05) is 10.7 Å². The number of rotatable bonds is 6. The Balaban J connectivity index is 2.24. The minimum atomic E-state index is -3.93. The van der Waals surface area contributed by atoms with Gasteiger partial charge in [-0.15, -0.1) is 0 Å². The highest BCUT2D eigenvalue weighted by molar-refractivity contribution is 7.92. The number of hydroxylamine groups is 1. The number of carboxylic acid groups (broad SMARTS) is 1. The lowest BCUT2D eigenvalue weighted by Crippen LogP contribution is -2.29. The van der Waals surface area contributed by atoms with Crippen LogP contribution in [0.25, 0.3) is 0 Å². The van der Waals surface area contributed by atoms with E-state index in [4.69, 9.17) is 5.21 Å². The smallest absolute Gasteiger partial charge is 0.412 e. The summed E-state index contributed by atoms with van der Waals surface area (Å²) in [4.78, 5) is 23.5. The van der Waals surface area contributed by atoms with Crippen LogP contribution in [-0.2, 0) is 21.2 Å². The quantitative estimate of drug-likeness (QED) is 0.529. The first-order chi connectivity index (χ1) is 11.8. The molecule has 3 N–H and O–H groups in total. The van der Waals surface area contributed by atoms with Crippen molar-refractivity contribution >= 4 is 27.5 Å². The molecular formula is C16H16N2O6S. The van der Waals surface area contributed by atoms with Crippen LogP contribution in [0.4, 0.5) is 10.5 Å². The van der Waals surface area contributed by atoms with Crippen LogP contribution in [0.3, 0.4) is 0 Å². The van der Waals surface area contributed by atoms with Gasteiger partial charge in [-0.2, -0.15) is 0 Å². The maximum atomic E-state index is 12.0. The highest BCUT2D eigenvalue weighted by Crippen LogP contribution is 2.21. The Labute approximate surface area is 144 Å². The molecule has 25 heavy (non-hydrogen) atoms. The van der Waals surface area contributed by atoms with Crippen LogP contribution in [0.15, 0.2) is 59.5 Å².